The zero-order valence-corrected chi connectivity index (χ0v) is 8.27. The Morgan fingerprint density at radius 1 is 1.46 bits per heavy atom. The lowest BCUT2D eigenvalue weighted by atomic mass is 10.2. The average molecular weight is 181 g/mol. The van der Waals surface area contributed by atoms with Gasteiger partial charge in [-0.15, -0.1) is 0 Å². The summed E-state index contributed by atoms with van der Waals surface area (Å²) in [5, 5.41) is 2.97. The highest BCUT2D eigenvalue weighted by Crippen LogP contribution is 2.02. The Kier molecular flexibility index (Phi) is 3.06. The zero-order chi connectivity index (χ0) is 9.84. The Morgan fingerprint density at radius 3 is 2.62 bits per heavy atom. The van der Waals surface area contributed by atoms with Gasteiger partial charge in [-0.05, 0) is 20.3 Å². The predicted molar refractivity (Wildman–Crippen MR) is 53.1 cm³/mol. The van der Waals surface area contributed by atoms with Crippen LogP contribution in [-0.2, 0) is 6.42 Å². The maximum Gasteiger partial charge on any atom is 0.255 e. The average Bonchev–Trinajstić information content (AvgIpc) is 2.04. The Balaban J connectivity index is 3.13. The molecule has 0 aliphatic carbocycles. The van der Waals surface area contributed by atoms with E-state index < -0.39 is 0 Å². The number of hydrogen-bond acceptors (Lipinski definition) is 3. The number of nitrogens with one attached hydrogen (secondary N) is 2. The lowest BCUT2D eigenvalue weighted by Gasteiger charge is -2.05. The third-order valence-electron chi connectivity index (χ3n) is 1.92. The van der Waals surface area contributed by atoms with Crippen molar-refractivity contribution in [1.29, 1.82) is 0 Å². The first-order valence-corrected chi connectivity index (χ1v) is 4.52. The minimum atomic E-state index is -0.0362. The second-order valence-electron chi connectivity index (χ2n) is 2.86. The van der Waals surface area contributed by atoms with Crippen LogP contribution in [0.4, 0.5) is 5.95 Å². The van der Waals surface area contributed by atoms with E-state index in [1.165, 1.54) is 0 Å². The number of hydrogen-bond donors (Lipinski definition) is 2. The molecule has 1 heterocycles. The van der Waals surface area contributed by atoms with Gasteiger partial charge in [0.1, 0.15) is 0 Å². The van der Waals surface area contributed by atoms with E-state index >= 15 is 0 Å². The molecule has 0 radical (unpaired) electrons. The number of aromatic amines is 1. The minimum Gasteiger partial charge on any atom is -0.356 e. The van der Waals surface area contributed by atoms with E-state index in [0.717, 1.165) is 24.2 Å². The van der Waals surface area contributed by atoms with E-state index in [-0.39, 0.29) is 5.56 Å². The van der Waals surface area contributed by atoms with Crippen LogP contribution in [0.3, 0.4) is 0 Å². The third-order valence-corrected chi connectivity index (χ3v) is 1.92. The Bertz CT molecular complexity index is 343. The van der Waals surface area contributed by atoms with Gasteiger partial charge in [-0.1, -0.05) is 6.92 Å². The normalized spacial score (nSPS) is 10.1. The van der Waals surface area contributed by atoms with Crippen molar-refractivity contribution < 1.29 is 0 Å². The molecule has 0 aromatic carbocycles. The highest BCUT2D eigenvalue weighted by atomic mass is 16.1. The van der Waals surface area contributed by atoms with Gasteiger partial charge in [0.15, 0.2) is 0 Å². The van der Waals surface area contributed by atoms with Crippen molar-refractivity contribution in [3.63, 3.8) is 0 Å². The molecule has 1 aromatic heterocycles. The summed E-state index contributed by atoms with van der Waals surface area (Å²) in [5.74, 6) is 0.558. The van der Waals surface area contributed by atoms with Gasteiger partial charge in [-0.3, -0.25) is 9.78 Å². The second-order valence-corrected chi connectivity index (χ2v) is 2.86. The zero-order valence-electron chi connectivity index (χ0n) is 8.27. The molecular formula is C9H15N3O. The molecule has 1 rings (SSSR count). The first kappa shape index (κ1) is 9.77. The van der Waals surface area contributed by atoms with Crippen molar-refractivity contribution >= 4 is 5.95 Å². The molecule has 0 atom stereocenters. The quantitative estimate of drug-likeness (QED) is 0.733. The molecule has 0 bridgehead atoms. The van der Waals surface area contributed by atoms with Gasteiger partial charge in [0, 0.05) is 17.8 Å². The fourth-order valence-electron chi connectivity index (χ4n) is 1.28. The Morgan fingerprint density at radius 2 is 2.15 bits per heavy atom. The summed E-state index contributed by atoms with van der Waals surface area (Å²) in [6.07, 6.45) is 0.723. The highest BCUT2D eigenvalue weighted by molar-refractivity contribution is 5.28. The molecular weight excluding hydrogens is 166 g/mol. The topological polar surface area (TPSA) is 57.8 Å². The van der Waals surface area contributed by atoms with Crippen LogP contribution in [0.25, 0.3) is 0 Å². The summed E-state index contributed by atoms with van der Waals surface area (Å²) in [4.78, 5) is 18.3. The molecule has 4 heteroatoms. The van der Waals surface area contributed by atoms with E-state index in [0.29, 0.717) is 5.95 Å². The number of aryl methyl sites for hydroxylation is 1. The van der Waals surface area contributed by atoms with Gasteiger partial charge in [0.2, 0.25) is 5.95 Å². The van der Waals surface area contributed by atoms with Crippen LogP contribution in [-0.4, -0.2) is 16.5 Å². The maximum absolute atomic E-state index is 11.4. The molecule has 0 saturated carbocycles. The third kappa shape index (κ3) is 2.08. The second kappa shape index (κ2) is 4.07. The molecule has 0 amide bonds. The molecule has 13 heavy (non-hydrogen) atoms. The lowest BCUT2D eigenvalue weighted by Crippen LogP contribution is -2.18. The molecule has 1 aromatic rings. The van der Waals surface area contributed by atoms with E-state index in [4.69, 9.17) is 0 Å². The van der Waals surface area contributed by atoms with Crippen LogP contribution in [0.1, 0.15) is 25.1 Å². The van der Waals surface area contributed by atoms with Crippen LogP contribution >= 0.6 is 0 Å². The molecule has 0 unspecified atom stereocenters. The highest BCUT2D eigenvalue weighted by Gasteiger charge is 2.04. The van der Waals surface area contributed by atoms with E-state index in [9.17, 15) is 4.79 Å². The molecule has 0 saturated heterocycles. The molecule has 0 fully saturated rings. The summed E-state index contributed by atoms with van der Waals surface area (Å²) >= 11 is 0. The minimum absolute atomic E-state index is 0.0362. The van der Waals surface area contributed by atoms with Crippen molar-refractivity contribution in [2.75, 3.05) is 11.9 Å². The van der Waals surface area contributed by atoms with Gasteiger partial charge in [-0.25, -0.2) is 4.98 Å². The fraction of sp³-hybridized carbons (Fsp3) is 0.556. The summed E-state index contributed by atoms with van der Waals surface area (Å²) in [6.45, 7) is 6.53. The largest absolute Gasteiger partial charge is 0.356 e. The molecule has 2 N–H and O–H groups in total. The van der Waals surface area contributed by atoms with E-state index in [1.54, 1.807) is 0 Å². The maximum atomic E-state index is 11.4. The molecule has 0 spiro atoms. The van der Waals surface area contributed by atoms with Gasteiger partial charge < -0.3 is 5.32 Å². The van der Waals surface area contributed by atoms with Crippen molar-refractivity contribution in [2.45, 2.75) is 27.2 Å². The number of nitrogens with zero attached hydrogens (tertiary/aromatic N) is 1. The van der Waals surface area contributed by atoms with Crippen LogP contribution in [0.5, 0.6) is 0 Å². The summed E-state index contributed by atoms with van der Waals surface area (Å²) in [7, 11) is 0. The monoisotopic (exact) mass is 181 g/mol. The molecule has 0 aliphatic rings. The van der Waals surface area contributed by atoms with Gasteiger partial charge in [-0.2, -0.15) is 0 Å². The van der Waals surface area contributed by atoms with E-state index in [2.05, 4.69) is 15.3 Å². The Labute approximate surface area is 77.4 Å². The number of H-pyrrole nitrogens is 1. The summed E-state index contributed by atoms with van der Waals surface area (Å²) < 4.78 is 0. The summed E-state index contributed by atoms with van der Waals surface area (Å²) in [6, 6.07) is 0. The number of aromatic nitrogens is 2. The predicted octanol–water partition coefficient (Wildman–Crippen LogP) is 1.07. The van der Waals surface area contributed by atoms with Crippen LogP contribution in [0.15, 0.2) is 4.79 Å². The van der Waals surface area contributed by atoms with Gasteiger partial charge >= 0.3 is 0 Å². The van der Waals surface area contributed by atoms with Gasteiger partial charge in [0.05, 0.1) is 0 Å². The fourth-order valence-corrected chi connectivity index (χ4v) is 1.28. The van der Waals surface area contributed by atoms with Crippen molar-refractivity contribution in [3.05, 3.63) is 21.6 Å². The Hall–Kier alpha value is -1.32. The van der Waals surface area contributed by atoms with Crippen molar-refractivity contribution in [1.82, 2.24) is 9.97 Å². The van der Waals surface area contributed by atoms with Gasteiger partial charge in [0.25, 0.3) is 5.56 Å². The SMILES string of the molecule is CCNc1nc(C)c(CC)c(=O)[nH]1. The molecule has 72 valence electrons. The molecule has 4 nitrogen and oxygen atoms in total. The standard InChI is InChI=1S/C9H15N3O/c1-4-7-6(3)11-9(10-5-2)12-8(7)13/h4-5H2,1-3H3,(H2,10,11,12,13). The lowest BCUT2D eigenvalue weighted by molar-refractivity contribution is 0.951. The van der Waals surface area contributed by atoms with Crippen LogP contribution in [0, 0.1) is 6.92 Å². The first-order valence-electron chi connectivity index (χ1n) is 4.52. The van der Waals surface area contributed by atoms with Crippen molar-refractivity contribution in [3.8, 4) is 0 Å². The van der Waals surface area contributed by atoms with Crippen LogP contribution < -0.4 is 10.9 Å². The van der Waals surface area contributed by atoms with Crippen LogP contribution in [0.2, 0.25) is 0 Å². The molecule has 0 aliphatic heterocycles. The van der Waals surface area contributed by atoms with Crippen molar-refractivity contribution in [2.24, 2.45) is 0 Å². The summed E-state index contributed by atoms with van der Waals surface area (Å²) in [5.41, 5.74) is 1.54. The first-order chi connectivity index (χ1) is 6.19. The number of anilines is 1. The number of rotatable bonds is 3. The smallest absolute Gasteiger partial charge is 0.255 e. The van der Waals surface area contributed by atoms with E-state index in [1.807, 2.05) is 20.8 Å².